The monoisotopic (exact) mass is 261 g/mol. The zero-order valence-electron chi connectivity index (χ0n) is 11.8. The Hall–Kier alpha value is -1.55. The second kappa shape index (κ2) is 6.57. The first-order chi connectivity index (χ1) is 9.24. The Kier molecular flexibility index (Phi) is 4.80. The number of carbonyl (C=O) groups is 1. The van der Waals surface area contributed by atoms with Crippen LogP contribution in [0.5, 0.6) is 0 Å². The molecule has 1 amide bonds. The van der Waals surface area contributed by atoms with Crippen molar-refractivity contribution in [2.75, 3.05) is 32.0 Å². The zero-order chi connectivity index (χ0) is 13.7. The fraction of sp³-hybridized carbons (Fsp3) is 0.533. The van der Waals surface area contributed by atoms with Gasteiger partial charge in [0.2, 0.25) is 0 Å². The summed E-state index contributed by atoms with van der Waals surface area (Å²) in [6, 6.07) is 8.28. The molecule has 0 atom stereocenters. The van der Waals surface area contributed by atoms with Crippen molar-refractivity contribution in [2.45, 2.75) is 25.8 Å². The number of hydrogen-bond donors (Lipinski definition) is 2. The van der Waals surface area contributed by atoms with E-state index in [-0.39, 0.29) is 5.91 Å². The summed E-state index contributed by atoms with van der Waals surface area (Å²) in [5, 5.41) is 6.02. The van der Waals surface area contributed by atoms with Crippen LogP contribution < -0.4 is 10.6 Å². The molecule has 0 bridgehead atoms. The molecule has 1 aromatic rings. The predicted octanol–water partition coefficient (Wildman–Crippen LogP) is 1.94. The summed E-state index contributed by atoms with van der Waals surface area (Å²) >= 11 is 0. The SMILES string of the molecule is CCN(CCNC(=O)c1ccc(NC)cc1)C1CC1. The van der Waals surface area contributed by atoms with Crippen LogP contribution in [0.2, 0.25) is 0 Å². The summed E-state index contributed by atoms with van der Waals surface area (Å²) in [5.74, 6) is 0.00880. The fourth-order valence-electron chi connectivity index (χ4n) is 2.24. The van der Waals surface area contributed by atoms with Gasteiger partial charge in [0.25, 0.3) is 5.91 Å². The maximum atomic E-state index is 11.9. The van der Waals surface area contributed by atoms with Gasteiger partial charge in [0, 0.05) is 37.4 Å². The number of benzene rings is 1. The van der Waals surface area contributed by atoms with Crippen molar-refractivity contribution in [1.82, 2.24) is 10.2 Å². The Morgan fingerprint density at radius 3 is 2.53 bits per heavy atom. The summed E-state index contributed by atoms with van der Waals surface area (Å²) in [4.78, 5) is 14.4. The van der Waals surface area contributed by atoms with E-state index in [4.69, 9.17) is 0 Å². The summed E-state index contributed by atoms with van der Waals surface area (Å²) in [5.41, 5.74) is 1.73. The van der Waals surface area contributed by atoms with Crippen molar-refractivity contribution in [1.29, 1.82) is 0 Å². The molecule has 2 N–H and O–H groups in total. The van der Waals surface area contributed by atoms with Crippen LogP contribution in [-0.2, 0) is 0 Å². The van der Waals surface area contributed by atoms with Crippen LogP contribution in [0.1, 0.15) is 30.1 Å². The number of nitrogens with zero attached hydrogens (tertiary/aromatic N) is 1. The van der Waals surface area contributed by atoms with Gasteiger partial charge in [-0.3, -0.25) is 9.69 Å². The van der Waals surface area contributed by atoms with Gasteiger partial charge in [0.15, 0.2) is 0 Å². The van der Waals surface area contributed by atoms with E-state index in [9.17, 15) is 4.79 Å². The summed E-state index contributed by atoms with van der Waals surface area (Å²) in [7, 11) is 1.87. The van der Waals surface area contributed by atoms with Crippen molar-refractivity contribution in [2.24, 2.45) is 0 Å². The Morgan fingerprint density at radius 2 is 2.00 bits per heavy atom. The maximum absolute atomic E-state index is 11.9. The fourth-order valence-corrected chi connectivity index (χ4v) is 2.24. The van der Waals surface area contributed by atoms with E-state index in [2.05, 4.69) is 22.5 Å². The highest BCUT2D eigenvalue weighted by Gasteiger charge is 2.27. The van der Waals surface area contributed by atoms with Crippen LogP contribution in [0, 0.1) is 0 Å². The molecule has 0 unspecified atom stereocenters. The van der Waals surface area contributed by atoms with Crippen molar-refractivity contribution >= 4 is 11.6 Å². The number of rotatable bonds is 7. The number of nitrogens with one attached hydrogen (secondary N) is 2. The van der Waals surface area contributed by atoms with Crippen molar-refractivity contribution in [3.63, 3.8) is 0 Å². The van der Waals surface area contributed by atoms with Gasteiger partial charge in [0.1, 0.15) is 0 Å². The highest BCUT2D eigenvalue weighted by molar-refractivity contribution is 5.94. The molecule has 0 spiro atoms. The number of carbonyl (C=O) groups excluding carboxylic acids is 1. The molecule has 1 aliphatic carbocycles. The van der Waals surface area contributed by atoms with Gasteiger partial charge in [-0.2, -0.15) is 0 Å². The summed E-state index contributed by atoms with van der Waals surface area (Å²) in [6.07, 6.45) is 2.63. The van der Waals surface area contributed by atoms with Gasteiger partial charge in [-0.1, -0.05) is 6.92 Å². The third-order valence-electron chi connectivity index (χ3n) is 3.59. The Labute approximate surface area is 115 Å². The van der Waals surface area contributed by atoms with E-state index in [0.29, 0.717) is 5.56 Å². The number of anilines is 1. The lowest BCUT2D eigenvalue weighted by atomic mass is 10.2. The lowest BCUT2D eigenvalue weighted by Crippen LogP contribution is -2.36. The van der Waals surface area contributed by atoms with Gasteiger partial charge in [-0.15, -0.1) is 0 Å². The van der Waals surface area contributed by atoms with E-state index >= 15 is 0 Å². The summed E-state index contributed by atoms with van der Waals surface area (Å²) in [6.45, 7) is 4.91. The van der Waals surface area contributed by atoms with Crippen LogP contribution in [-0.4, -0.2) is 43.5 Å². The third-order valence-corrected chi connectivity index (χ3v) is 3.59. The normalized spacial score (nSPS) is 14.5. The largest absolute Gasteiger partial charge is 0.388 e. The molecule has 104 valence electrons. The van der Waals surface area contributed by atoms with Crippen LogP contribution in [0.25, 0.3) is 0 Å². The molecule has 0 saturated heterocycles. The first-order valence-corrected chi connectivity index (χ1v) is 7.04. The first kappa shape index (κ1) is 13.9. The molecule has 19 heavy (non-hydrogen) atoms. The summed E-state index contributed by atoms with van der Waals surface area (Å²) < 4.78 is 0. The highest BCUT2D eigenvalue weighted by atomic mass is 16.1. The standard InChI is InChI=1S/C15H23N3O/c1-3-18(14-8-9-14)11-10-17-15(19)12-4-6-13(16-2)7-5-12/h4-7,14,16H,3,8-11H2,1-2H3,(H,17,19). The average molecular weight is 261 g/mol. The van der Waals surface area contributed by atoms with E-state index in [0.717, 1.165) is 31.4 Å². The van der Waals surface area contributed by atoms with Gasteiger partial charge in [-0.25, -0.2) is 0 Å². The number of hydrogen-bond acceptors (Lipinski definition) is 3. The van der Waals surface area contributed by atoms with E-state index in [1.54, 1.807) is 0 Å². The minimum Gasteiger partial charge on any atom is -0.388 e. The Balaban J connectivity index is 1.76. The van der Waals surface area contributed by atoms with Crippen LogP contribution >= 0.6 is 0 Å². The molecule has 0 aromatic heterocycles. The molecule has 1 aromatic carbocycles. The third kappa shape index (κ3) is 3.96. The molecular weight excluding hydrogens is 238 g/mol. The molecule has 1 saturated carbocycles. The molecule has 4 nitrogen and oxygen atoms in total. The lowest BCUT2D eigenvalue weighted by molar-refractivity contribution is 0.0948. The predicted molar refractivity (Wildman–Crippen MR) is 78.6 cm³/mol. The van der Waals surface area contributed by atoms with Gasteiger partial charge < -0.3 is 10.6 Å². The molecular formula is C15H23N3O. The minimum absolute atomic E-state index is 0.00880. The smallest absolute Gasteiger partial charge is 0.251 e. The highest BCUT2D eigenvalue weighted by Crippen LogP contribution is 2.25. The minimum atomic E-state index is 0.00880. The number of amides is 1. The molecule has 4 heteroatoms. The van der Waals surface area contributed by atoms with E-state index in [1.807, 2.05) is 31.3 Å². The van der Waals surface area contributed by atoms with Crippen LogP contribution in [0.4, 0.5) is 5.69 Å². The second-order valence-electron chi connectivity index (χ2n) is 4.94. The Bertz CT molecular complexity index is 412. The topological polar surface area (TPSA) is 44.4 Å². The van der Waals surface area contributed by atoms with Gasteiger partial charge >= 0.3 is 0 Å². The van der Waals surface area contributed by atoms with Crippen LogP contribution in [0.3, 0.4) is 0 Å². The molecule has 2 rings (SSSR count). The Morgan fingerprint density at radius 1 is 1.32 bits per heavy atom. The molecule has 1 fully saturated rings. The second-order valence-corrected chi connectivity index (χ2v) is 4.94. The average Bonchev–Trinajstić information content (AvgIpc) is 3.28. The first-order valence-electron chi connectivity index (χ1n) is 7.04. The van der Waals surface area contributed by atoms with E-state index < -0.39 is 0 Å². The van der Waals surface area contributed by atoms with E-state index in [1.165, 1.54) is 12.8 Å². The van der Waals surface area contributed by atoms with Crippen LogP contribution in [0.15, 0.2) is 24.3 Å². The molecule has 1 aliphatic rings. The molecule has 0 aliphatic heterocycles. The molecule has 0 radical (unpaired) electrons. The molecule has 0 heterocycles. The number of likely N-dealkylation sites (N-methyl/N-ethyl adjacent to an activating group) is 1. The quantitative estimate of drug-likeness (QED) is 0.788. The maximum Gasteiger partial charge on any atom is 0.251 e. The van der Waals surface area contributed by atoms with Gasteiger partial charge in [-0.05, 0) is 43.7 Å². The van der Waals surface area contributed by atoms with Crippen molar-refractivity contribution < 1.29 is 4.79 Å². The lowest BCUT2D eigenvalue weighted by Gasteiger charge is -2.19. The van der Waals surface area contributed by atoms with Crippen molar-refractivity contribution in [3.05, 3.63) is 29.8 Å². The zero-order valence-corrected chi connectivity index (χ0v) is 11.8. The van der Waals surface area contributed by atoms with Crippen molar-refractivity contribution in [3.8, 4) is 0 Å². The van der Waals surface area contributed by atoms with Gasteiger partial charge in [0.05, 0.1) is 0 Å².